The van der Waals surface area contributed by atoms with Crippen LogP contribution in [0.15, 0.2) is 12.3 Å². The van der Waals surface area contributed by atoms with Crippen LogP contribution < -0.4 is 5.73 Å². The number of aromatic nitrogens is 1. The second kappa shape index (κ2) is 2.24. The lowest BCUT2D eigenvalue weighted by Gasteiger charge is -2.11. The Hall–Kier alpha value is -1.02. The predicted molar refractivity (Wildman–Crippen MR) is 46.2 cm³/mol. The van der Waals surface area contributed by atoms with Crippen LogP contribution >= 0.6 is 0 Å². The molecule has 0 saturated heterocycles. The molecule has 1 unspecified atom stereocenters. The molecule has 0 fully saturated rings. The summed E-state index contributed by atoms with van der Waals surface area (Å²) < 4.78 is 0. The fraction of sp³-hybridized carbons (Fsp3) is 0.333. The molecule has 0 aromatic carbocycles. The molecule has 3 N–H and O–H groups in total. The summed E-state index contributed by atoms with van der Waals surface area (Å²) in [5.74, 6) is 0. The maximum absolute atomic E-state index is 5.75. The summed E-state index contributed by atoms with van der Waals surface area (Å²) in [7, 11) is 0. The van der Waals surface area contributed by atoms with Crippen molar-refractivity contribution in [2.75, 3.05) is 0 Å². The van der Waals surface area contributed by atoms with Crippen LogP contribution in [0.2, 0.25) is 0 Å². The highest BCUT2D eigenvalue weighted by molar-refractivity contribution is 5.59. The van der Waals surface area contributed by atoms with E-state index in [1.165, 1.54) is 16.8 Å². The number of aromatic amines is 1. The molecule has 0 amide bonds. The van der Waals surface area contributed by atoms with E-state index in [0.29, 0.717) is 0 Å². The van der Waals surface area contributed by atoms with E-state index < -0.39 is 0 Å². The maximum atomic E-state index is 5.75. The van der Waals surface area contributed by atoms with Gasteiger partial charge in [-0.2, -0.15) is 0 Å². The first-order chi connectivity index (χ1) is 5.27. The summed E-state index contributed by atoms with van der Waals surface area (Å²) in [5.41, 5.74) is 9.66. The van der Waals surface area contributed by atoms with Crippen molar-refractivity contribution in [3.8, 4) is 0 Å². The van der Waals surface area contributed by atoms with Crippen LogP contribution in [-0.4, -0.2) is 11.0 Å². The molecule has 1 atom stereocenters. The van der Waals surface area contributed by atoms with Crippen molar-refractivity contribution >= 4 is 6.08 Å². The van der Waals surface area contributed by atoms with Crippen LogP contribution in [-0.2, 0) is 6.42 Å². The second-order valence-corrected chi connectivity index (χ2v) is 3.09. The summed E-state index contributed by atoms with van der Waals surface area (Å²) in [6.45, 7) is 2.11. The number of nitrogens with one attached hydrogen (secondary N) is 1. The van der Waals surface area contributed by atoms with E-state index in [-0.39, 0.29) is 6.04 Å². The van der Waals surface area contributed by atoms with Crippen LogP contribution in [0, 0.1) is 6.92 Å². The van der Waals surface area contributed by atoms with Crippen molar-refractivity contribution in [2.45, 2.75) is 19.4 Å². The lowest BCUT2D eigenvalue weighted by Crippen LogP contribution is -2.22. The molecule has 2 rings (SSSR count). The van der Waals surface area contributed by atoms with E-state index in [4.69, 9.17) is 5.73 Å². The number of H-pyrrole nitrogens is 1. The predicted octanol–water partition coefficient (Wildman–Crippen LogP) is 1.22. The lowest BCUT2D eigenvalue weighted by molar-refractivity contribution is 0.785. The molecule has 0 spiro atoms. The fourth-order valence-electron chi connectivity index (χ4n) is 1.51. The number of fused-ring (bicyclic) bond motifs is 1. The third kappa shape index (κ3) is 0.994. The molecular weight excluding hydrogens is 136 g/mol. The van der Waals surface area contributed by atoms with Gasteiger partial charge in [0.15, 0.2) is 0 Å². The van der Waals surface area contributed by atoms with E-state index in [1.54, 1.807) is 0 Å². The molecule has 0 bridgehead atoms. The van der Waals surface area contributed by atoms with E-state index in [0.717, 1.165) is 6.42 Å². The quantitative estimate of drug-likeness (QED) is 0.570. The van der Waals surface area contributed by atoms with Crippen LogP contribution in [0.1, 0.15) is 16.8 Å². The maximum Gasteiger partial charge on any atom is 0.0282 e. The van der Waals surface area contributed by atoms with Crippen LogP contribution in [0.5, 0.6) is 0 Å². The zero-order valence-corrected chi connectivity index (χ0v) is 6.59. The largest absolute Gasteiger partial charge is 0.364 e. The third-order valence-corrected chi connectivity index (χ3v) is 2.16. The van der Waals surface area contributed by atoms with Crippen molar-refractivity contribution < 1.29 is 0 Å². The zero-order chi connectivity index (χ0) is 7.84. The second-order valence-electron chi connectivity index (χ2n) is 3.09. The minimum Gasteiger partial charge on any atom is -0.364 e. The molecule has 0 aliphatic heterocycles. The number of nitrogens with two attached hydrogens (primary N) is 1. The lowest BCUT2D eigenvalue weighted by atomic mass is 9.99. The first-order valence-corrected chi connectivity index (χ1v) is 3.88. The van der Waals surface area contributed by atoms with Crippen LogP contribution in [0.4, 0.5) is 0 Å². The third-order valence-electron chi connectivity index (χ3n) is 2.16. The average Bonchev–Trinajstić information content (AvgIpc) is 2.32. The molecule has 1 heterocycles. The minimum absolute atomic E-state index is 0.195. The molecule has 2 nitrogen and oxygen atoms in total. The molecule has 58 valence electrons. The monoisotopic (exact) mass is 148 g/mol. The van der Waals surface area contributed by atoms with Gasteiger partial charge in [0.25, 0.3) is 0 Å². The molecule has 2 heteroatoms. The molecule has 1 aliphatic carbocycles. The van der Waals surface area contributed by atoms with Gasteiger partial charge >= 0.3 is 0 Å². The Labute approximate surface area is 66.1 Å². The highest BCUT2D eigenvalue weighted by Gasteiger charge is 2.12. The Balaban J connectivity index is 2.48. The van der Waals surface area contributed by atoms with Gasteiger partial charge in [0.2, 0.25) is 0 Å². The van der Waals surface area contributed by atoms with Gasteiger partial charge in [-0.15, -0.1) is 0 Å². The van der Waals surface area contributed by atoms with Gasteiger partial charge in [0, 0.05) is 24.4 Å². The molecule has 11 heavy (non-hydrogen) atoms. The molecule has 0 saturated carbocycles. The normalized spacial score (nSPS) is 21.8. The highest BCUT2D eigenvalue weighted by atomic mass is 14.7. The van der Waals surface area contributed by atoms with Crippen molar-refractivity contribution in [1.82, 2.24) is 4.98 Å². The van der Waals surface area contributed by atoms with Crippen molar-refractivity contribution in [3.63, 3.8) is 0 Å². The minimum atomic E-state index is 0.195. The van der Waals surface area contributed by atoms with E-state index in [1.807, 2.05) is 6.20 Å². The van der Waals surface area contributed by atoms with Gasteiger partial charge in [-0.1, -0.05) is 12.2 Å². The summed E-state index contributed by atoms with van der Waals surface area (Å²) in [6.07, 6.45) is 7.14. The van der Waals surface area contributed by atoms with Gasteiger partial charge in [-0.05, 0) is 18.1 Å². The van der Waals surface area contributed by atoms with Gasteiger partial charge in [-0.3, -0.25) is 0 Å². The number of hydrogen-bond acceptors (Lipinski definition) is 1. The van der Waals surface area contributed by atoms with Gasteiger partial charge in [-0.25, -0.2) is 0 Å². The van der Waals surface area contributed by atoms with Gasteiger partial charge < -0.3 is 10.7 Å². The Bertz CT molecular complexity index is 297. The average molecular weight is 148 g/mol. The SMILES string of the molecule is Cc1c[nH]c2c1C=CC(N)C2. The van der Waals surface area contributed by atoms with Crippen molar-refractivity contribution in [1.29, 1.82) is 0 Å². The summed E-state index contributed by atoms with van der Waals surface area (Å²) >= 11 is 0. The Morgan fingerprint density at radius 2 is 2.45 bits per heavy atom. The van der Waals surface area contributed by atoms with E-state index >= 15 is 0 Å². The van der Waals surface area contributed by atoms with Gasteiger partial charge in [0.05, 0.1) is 0 Å². The number of rotatable bonds is 0. The fourth-order valence-corrected chi connectivity index (χ4v) is 1.51. The number of aryl methyl sites for hydroxylation is 1. The number of hydrogen-bond donors (Lipinski definition) is 2. The molecule has 0 radical (unpaired) electrons. The Kier molecular flexibility index (Phi) is 1.36. The van der Waals surface area contributed by atoms with Crippen LogP contribution in [0.25, 0.3) is 6.08 Å². The zero-order valence-electron chi connectivity index (χ0n) is 6.59. The van der Waals surface area contributed by atoms with Crippen molar-refractivity contribution in [3.05, 3.63) is 29.1 Å². The summed E-state index contributed by atoms with van der Waals surface area (Å²) in [5, 5.41) is 0. The van der Waals surface area contributed by atoms with Gasteiger partial charge in [0.1, 0.15) is 0 Å². The molecule has 1 aliphatic rings. The first-order valence-electron chi connectivity index (χ1n) is 3.88. The smallest absolute Gasteiger partial charge is 0.0282 e. The summed E-state index contributed by atoms with van der Waals surface area (Å²) in [4.78, 5) is 3.23. The standard InChI is InChI=1S/C9H12N2/c1-6-5-11-9-4-7(10)2-3-8(6)9/h2-3,5,7,11H,4,10H2,1H3. The molecular formula is C9H12N2. The summed E-state index contributed by atoms with van der Waals surface area (Å²) in [6, 6.07) is 0.195. The molecule has 1 aromatic heterocycles. The van der Waals surface area contributed by atoms with E-state index in [2.05, 4.69) is 24.1 Å². The van der Waals surface area contributed by atoms with Crippen molar-refractivity contribution in [2.24, 2.45) is 5.73 Å². The Morgan fingerprint density at radius 1 is 1.64 bits per heavy atom. The van der Waals surface area contributed by atoms with E-state index in [9.17, 15) is 0 Å². The Morgan fingerprint density at radius 3 is 3.27 bits per heavy atom. The topological polar surface area (TPSA) is 41.8 Å². The first kappa shape index (κ1) is 6.68. The van der Waals surface area contributed by atoms with Crippen LogP contribution in [0.3, 0.4) is 0 Å². The molecule has 1 aromatic rings. The highest BCUT2D eigenvalue weighted by Crippen LogP contribution is 2.20.